The molecule has 90 valence electrons. The highest BCUT2D eigenvalue weighted by Crippen LogP contribution is 2.24. The largest absolute Gasteiger partial charge is 0.457 e. The average Bonchev–Trinajstić information content (AvgIpc) is 2.39. The molecule has 0 aliphatic heterocycles. The fraction of sp³-hybridized carbons (Fsp3) is 0.133. The van der Waals surface area contributed by atoms with Gasteiger partial charge < -0.3 is 10.5 Å². The molecule has 2 rings (SSSR count). The summed E-state index contributed by atoms with van der Waals surface area (Å²) in [6, 6.07) is 15.2. The maximum absolute atomic E-state index is 8.86. The van der Waals surface area contributed by atoms with E-state index in [4.69, 9.17) is 15.7 Å². The van der Waals surface area contributed by atoms with E-state index in [0.29, 0.717) is 12.1 Å². The fourth-order valence-corrected chi connectivity index (χ4v) is 1.70. The lowest BCUT2D eigenvalue weighted by molar-refractivity contribution is 0.481. The lowest BCUT2D eigenvalue weighted by atomic mass is 10.1. The second-order valence-electron chi connectivity index (χ2n) is 4.04. The molecule has 0 saturated carbocycles. The number of nitriles is 1. The van der Waals surface area contributed by atoms with Gasteiger partial charge in [-0.25, -0.2) is 0 Å². The van der Waals surface area contributed by atoms with Crippen molar-refractivity contribution in [3.8, 4) is 17.6 Å². The molecule has 0 aliphatic rings. The van der Waals surface area contributed by atoms with Gasteiger partial charge in [0.05, 0.1) is 11.6 Å². The number of nitrogens with zero attached hydrogens (tertiary/aromatic N) is 1. The molecule has 2 N–H and O–H groups in total. The molecule has 0 bridgehead atoms. The lowest BCUT2D eigenvalue weighted by Gasteiger charge is -2.08. The number of nitrogens with two attached hydrogens (primary N) is 1. The highest BCUT2D eigenvalue weighted by atomic mass is 16.5. The van der Waals surface area contributed by atoms with Crippen molar-refractivity contribution in [1.29, 1.82) is 5.26 Å². The molecule has 0 amide bonds. The SMILES string of the molecule is Cc1cc(Oc2cccc(CN)c2)ccc1C#N. The zero-order valence-electron chi connectivity index (χ0n) is 10.2. The van der Waals surface area contributed by atoms with Crippen molar-refractivity contribution in [2.24, 2.45) is 5.73 Å². The van der Waals surface area contributed by atoms with Gasteiger partial charge in [0.15, 0.2) is 0 Å². The molecule has 0 aliphatic carbocycles. The van der Waals surface area contributed by atoms with Gasteiger partial charge in [-0.1, -0.05) is 12.1 Å². The predicted octanol–water partition coefficient (Wildman–Crippen LogP) is 3.12. The Morgan fingerprint density at radius 2 is 1.94 bits per heavy atom. The average molecular weight is 238 g/mol. The summed E-state index contributed by atoms with van der Waals surface area (Å²) in [5.74, 6) is 1.47. The molecule has 0 heterocycles. The van der Waals surface area contributed by atoms with E-state index in [1.165, 1.54) is 0 Å². The Morgan fingerprint density at radius 1 is 1.17 bits per heavy atom. The first-order valence-electron chi connectivity index (χ1n) is 5.70. The van der Waals surface area contributed by atoms with Crippen LogP contribution in [0, 0.1) is 18.3 Å². The molecule has 3 nitrogen and oxygen atoms in total. The van der Waals surface area contributed by atoms with Gasteiger partial charge in [0.25, 0.3) is 0 Å². The third-order valence-corrected chi connectivity index (χ3v) is 2.69. The Hall–Kier alpha value is -2.31. The molecule has 0 saturated heterocycles. The quantitative estimate of drug-likeness (QED) is 0.893. The summed E-state index contributed by atoms with van der Waals surface area (Å²) < 4.78 is 5.74. The number of rotatable bonds is 3. The minimum atomic E-state index is 0.490. The van der Waals surface area contributed by atoms with Gasteiger partial charge >= 0.3 is 0 Å². The normalized spacial score (nSPS) is 9.83. The van der Waals surface area contributed by atoms with Crippen LogP contribution in [0.4, 0.5) is 0 Å². The van der Waals surface area contributed by atoms with Crippen molar-refractivity contribution in [3.63, 3.8) is 0 Å². The van der Waals surface area contributed by atoms with Crippen LogP contribution < -0.4 is 10.5 Å². The molecular formula is C15H14N2O. The molecular weight excluding hydrogens is 224 g/mol. The maximum Gasteiger partial charge on any atom is 0.127 e. The molecule has 0 atom stereocenters. The van der Waals surface area contributed by atoms with Crippen molar-refractivity contribution in [2.45, 2.75) is 13.5 Å². The van der Waals surface area contributed by atoms with Crippen LogP contribution in [0.2, 0.25) is 0 Å². The molecule has 0 fully saturated rings. The van der Waals surface area contributed by atoms with Gasteiger partial charge in [0, 0.05) is 6.54 Å². The Balaban J connectivity index is 2.23. The summed E-state index contributed by atoms with van der Waals surface area (Å²) in [6.45, 7) is 2.38. The molecule has 2 aromatic carbocycles. The minimum Gasteiger partial charge on any atom is -0.457 e. The molecule has 0 spiro atoms. The van der Waals surface area contributed by atoms with Gasteiger partial charge in [-0.3, -0.25) is 0 Å². The van der Waals surface area contributed by atoms with Crippen molar-refractivity contribution in [3.05, 3.63) is 59.2 Å². The summed E-state index contributed by atoms with van der Waals surface area (Å²) in [5.41, 5.74) is 8.18. The Bertz CT molecular complexity index is 600. The van der Waals surface area contributed by atoms with Crippen molar-refractivity contribution in [2.75, 3.05) is 0 Å². The van der Waals surface area contributed by atoms with Crippen LogP contribution >= 0.6 is 0 Å². The maximum atomic E-state index is 8.86. The molecule has 2 aromatic rings. The van der Waals surface area contributed by atoms with E-state index in [1.807, 2.05) is 37.3 Å². The van der Waals surface area contributed by atoms with Crippen LogP contribution in [0.15, 0.2) is 42.5 Å². The van der Waals surface area contributed by atoms with Crippen LogP contribution in [-0.4, -0.2) is 0 Å². The zero-order valence-corrected chi connectivity index (χ0v) is 10.2. The van der Waals surface area contributed by atoms with Crippen LogP contribution in [0.5, 0.6) is 11.5 Å². The first-order valence-corrected chi connectivity index (χ1v) is 5.70. The van der Waals surface area contributed by atoms with Gasteiger partial charge in [0.1, 0.15) is 11.5 Å². The van der Waals surface area contributed by atoms with Crippen LogP contribution in [0.1, 0.15) is 16.7 Å². The Kier molecular flexibility index (Phi) is 3.61. The second-order valence-corrected chi connectivity index (χ2v) is 4.04. The predicted molar refractivity (Wildman–Crippen MR) is 70.3 cm³/mol. The van der Waals surface area contributed by atoms with Crippen LogP contribution in [-0.2, 0) is 6.54 Å². The first-order chi connectivity index (χ1) is 8.72. The standard InChI is InChI=1S/C15H14N2O/c1-11-7-15(6-5-13(11)10-17)18-14-4-2-3-12(8-14)9-16/h2-8H,9,16H2,1H3. The summed E-state index contributed by atoms with van der Waals surface area (Å²) in [6.07, 6.45) is 0. The summed E-state index contributed by atoms with van der Waals surface area (Å²) in [5, 5.41) is 8.86. The smallest absolute Gasteiger partial charge is 0.127 e. The van der Waals surface area contributed by atoms with Gasteiger partial charge in [-0.2, -0.15) is 5.26 Å². The summed E-state index contributed by atoms with van der Waals surface area (Å²) in [4.78, 5) is 0. The van der Waals surface area contributed by atoms with E-state index in [1.54, 1.807) is 12.1 Å². The number of hydrogen-bond donors (Lipinski definition) is 1. The number of benzene rings is 2. The Labute approximate surface area is 106 Å². The lowest BCUT2D eigenvalue weighted by Crippen LogP contribution is -1.96. The highest BCUT2D eigenvalue weighted by molar-refractivity contribution is 5.43. The molecule has 0 aromatic heterocycles. The van der Waals surface area contributed by atoms with Crippen molar-refractivity contribution >= 4 is 0 Å². The zero-order chi connectivity index (χ0) is 13.0. The molecule has 3 heteroatoms. The van der Waals surface area contributed by atoms with Crippen molar-refractivity contribution < 1.29 is 4.74 Å². The van der Waals surface area contributed by atoms with Gasteiger partial charge in [-0.15, -0.1) is 0 Å². The van der Waals surface area contributed by atoms with E-state index in [-0.39, 0.29) is 0 Å². The summed E-state index contributed by atoms with van der Waals surface area (Å²) >= 11 is 0. The van der Waals surface area contributed by atoms with Crippen molar-refractivity contribution in [1.82, 2.24) is 0 Å². The van der Waals surface area contributed by atoms with Gasteiger partial charge in [-0.05, 0) is 48.4 Å². The monoisotopic (exact) mass is 238 g/mol. The third kappa shape index (κ3) is 2.68. The molecule has 0 unspecified atom stereocenters. The fourth-order valence-electron chi connectivity index (χ4n) is 1.70. The highest BCUT2D eigenvalue weighted by Gasteiger charge is 2.02. The number of aryl methyl sites for hydroxylation is 1. The Morgan fingerprint density at radius 3 is 2.61 bits per heavy atom. The number of ether oxygens (including phenoxy) is 1. The third-order valence-electron chi connectivity index (χ3n) is 2.69. The van der Waals surface area contributed by atoms with Crippen LogP contribution in [0.25, 0.3) is 0 Å². The second kappa shape index (κ2) is 5.35. The molecule has 18 heavy (non-hydrogen) atoms. The van der Waals surface area contributed by atoms with Gasteiger partial charge in [0.2, 0.25) is 0 Å². The van der Waals surface area contributed by atoms with E-state index < -0.39 is 0 Å². The van der Waals surface area contributed by atoms with E-state index >= 15 is 0 Å². The van der Waals surface area contributed by atoms with E-state index in [2.05, 4.69) is 6.07 Å². The number of hydrogen-bond acceptors (Lipinski definition) is 3. The van der Waals surface area contributed by atoms with E-state index in [9.17, 15) is 0 Å². The summed E-state index contributed by atoms with van der Waals surface area (Å²) in [7, 11) is 0. The van der Waals surface area contributed by atoms with Crippen LogP contribution in [0.3, 0.4) is 0 Å². The topological polar surface area (TPSA) is 59.0 Å². The molecule has 0 radical (unpaired) electrons. The van der Waals surface area contributed by atoms with E-state index in [0.717, 1.165) is 22.6 Å². The minimum absolute atomic E-state index is 0.490. The first kappa shape index (κ1) is 12.2.